The Morgan fingerprint density at radius 2 is 2.47 bits per heavy atom. The lowest BCUT2D eigenvalue weighted by Gasteiger charge is -2.31. The molecule has 4 nitrogen and oxygen atoms in total. The van der Waals surface area contributed by atoms with Gasteiger partial charge in [-0.15, -0.1) is 0 Å². The quantitative estimate of drug-likeness (QED) is 0.762. The molecule has 1 aromatic rings. The summed E-state index contributed by atoms with van der Waals surface area (Å²) in [5, 5.41) is 3.47. The van der Waals surface area contributed by atoms with Crippen molar-refractivity contribution < 1.29 is 0 Å². The number of nitrogens with one attached hydrogen (secondary N) is 1. The molecular weight excluding hydrogens is 188 g/mol. The first-order valence-electron chi connectivity index (χ1n) is 5.40. The molecule has 0 radical (unpaired) electrons. The van der Waals surface area contributed by atoms with E-state index in [9.17, 15) is 0 Å². The van der Waals surface area contributed by atoms with Crippen LogP contribution >= 0.6 is 0 Å². The summed E-state index contributed by atoms with van der Waals surface area (Å²) in [6, 6.07) is 2.44. The Balaban J connectivity index is 1.99. The van der Waals surface area contributed by atoms with E-state index in [1.54, 1.807) is 12.4 Å². The molecule has 1 unspecified atom stereocenters. The molecule has 1 atom stereocenters. The lowest BCUT2D eigenvalue weighted by atomic mass is 10.1. The summed E-state index contributed by atoms with van der Waals surface area (Å²) in [6.45, 7) is 2.28. The Morgan fingerprint density at radius 3 is 3.20 bits per heavy atom. The first-order chi connectivity index (χ1) is 7.25. The van der Waals surface area contributed by atoms with Crippen LogP contribution < -0.4 is 11.1 Å². The fraction of sp³-hybridized carbons (Fsp3) is 0.545. The van der Waals surface area contributed by atoms with Gasteiger partial charge in [-0.05, 0) is 32.5 Å². The second-order valence-electron chi connectivity index (χ2n) is 4.21. The van der Waals surface area contributed by atoms with Gasteiger partial charge in [-0.1, -0.05) is 0 Å². The molecule has 15 heavy (non-hydrogen) atoms. The molecule has 0 aromatic carbocycles. The van der Waals surface area contributed by atoms with Crippen LogP contribution in [0.25, 0.3) is 0 Å². The molecular formula is C11H18N4. The second kappa shape index (κ2) is 4.49. The van der Waals surface area contributed by atoms with E-state index in [1.165, 1.54) is 19.4 Å². The molecule has 1 fully saturated rings. The highest BCUT2D eigenvalue weighted by Crippen LogP contribution is 2.19. The number of nitrogens with zero attached hydrogens (tertiary/aromatic N) is 2. The molecule has 0 bridgehead atoms. The standard InChI is InChI=1S/C11H18N4/c1-15-6-2-3-9(8-15)14-11-4-5-13-7-10(11)12/h4-5,7,9H,2-3,6,8,12H2,1H3,(H,13,14). The SMILES string of the molecule is CN1CCCC(Nc2ccncc2N)C1. The third kappa shape index (κ3) is 2.59. The Bertz CT molecular complexity index is 326. The van der Waals surface area contributed by atoms with Crippen LogP contribution in [0.15, 0.2) is 18.5 Å². The fourth-order valence-electron chi connectivity index (χ4n) is 2.04. The van der Waals surface area contributed by atoms with Crippen molar-refractivity contribution in [3.05, 3.63) is 18.5 Å². The summed E-state index contributed by atoms with van der Waals surface area (Å²) < 4.78 is 0. The van der Waals surface area contributed by atoms with Gasteiger partial charge in [-0.25, -0.2) is 0 Å². The zero-order chi connectivity index (χ0) is 10.7. The number of piperidine rings is 1. The predicted molar refractivity (Wildman–Crippen MR) is 62.8 cm³/mol. The number of anilines is 2. The highest BCUT2D eigenvalue weighted by atomic mass is 15.1. The number of likely N-dealkylation sites (tertiary alicyclic amines) is 1. The molecule has 0 spiro atoms. The summed E-state index contributed by atoms with van der Waals surface area (Å²) >= 11 is 0. The van der Waals surface area contributed by atoms with Gasteiger partial charge in [0.2, 0.25) is 0 Å². The van der Waals surface area contributed by atoms with Crippen LogP contribution in [-0.2, 0) is 0 Å². The Morgan fingerprint density at radius 1 is 1.60 bits per heavy atom. The Kier molecular flexibility index (Phi) is 3.06. The molecule has 0 saturated carbocycles. The molecule has 1 aliphatic rings. The molecule has 3 N–H and O–H groups in total. The smallest absolute Gasteiger partial charge is 0.0736 e. The van der Waals surface area contributed by atoms with E-state index < -0.39 is 0 Å². The number of pyridine rings is 1. The summed E-state index contributed by atoms with van der Waals surface area (Å²) in [7, 11) is 2.16. The van der Waals surface area contributed by atoms with E-state index in [0.29, 0.717) is 6.04 Å². The fourth-order valence-corrected chi connectivity index (χ4v) is 2.04. The van der Waals surface area contributed by atoms with E-state index in [0.717, 1.165) is 17.9 Å². The largest absolute Gasteiger partial charge is 0.396 e. The summed E-state index contributed by atoms with van der Waals surface area (Å²) in [6.07, 6.45) is 5.92. The highest BCUT2D eigenvalue weighted by Gasteiger charge is 2.17. The maximum absolute atomic E-state index is 5.83. The van der Waals surface area contributed by atoms with Crippen LogP contribution in [-0.4, -0.2) is 36.1 Å². The van der Waals surface area contributed by atoms with Crippen LogP contribution in [0.2, 0.25) is 0 Å². The van der Waals surface area contributed by atoms with E-state index in [-0.39, 0.29) is 0 Å². The molecule has 1 aliphatic heterocycles. The molecule has 1 saturated heterocycles. The number of nitrogen functional groups attached to an aromatic ring is 1. The molecule has 2 heterocycles. The second-order valence-corrected chi connectivity index (χ2v) is 4.21. The van der Waals surface area contributed by atoms with Gasteiger partial charge in [0.1, 0.15) is 0 Å². The summed E-state index contributed by atoms with van der Waals surface area (Å²) in [5.74, 6) is 0. The lowest BCUT2D eigenvalue weighted by Crippen LogP contribution is -2.39. The molecule has 1 aromatic heterocycles. The third-order valence-electron chi connectivity index (χ3n) is 2.84. The summed E-state index contributed by atoms with van der Waals surface area (Å²) in [5.41, 5.74) is 7.57. The highest BCUT2D eigenvalue weighted by molar-refractivity contribution is 5.64. The van der Waals surface area contributed by atoms with Gasteiger partial charge < -0.3 is 16.0 Å². The van der Waals surface area contributed by atoms with Crippen LogP contribution in [0.5, 0.6) is 0 Å². The topological polar surface area (TPSA) is 54.2 Å². The first kappa shape index (κ1) is 10.2. The van der Waals surface area contributed by atoms with Gasteiger partial charge in [0.05, 0.1) is 17.6 Å². The number of aromatic nitrogens is 1. The van der Waals surface area contributed by atoms with E-state index >= 15 is 0 Å². The number of hydrogen-bond donors (Lipinski definition) is 2. The number of hydrogen-bond acceptors (Lipinski definition) is 4. The predicted octanol–water partition coefficient (Wildman–Crippen LogP) is 1.17. The van der Waals surface area contributed by atoms with Crippen LogP contribution in [0.1, 0.15) is 12.8 Å². The van der Waals surface area contributed by atoms with Gasteiger partial charge in [0.25, 0.3) is 0 Å². The zero-order valence-corrected chi connectivity index (χ0v) is 9.11. The van der Waals surface area contributed by atoms with E-state index in [4.69, 9.17) is 5.73 Å². The van der Waals surface area contributed by atoms with Crippen molar-refractivity contribution in [2.24, 2.45) is 0 Å². The van der Waals surface area contributed by atoms with Crippen LogP contribution in [0.4, 0.5) is 11.4 Å². The maximum atomic E-state index is 5.83. The van der Waals surface area contributed by atoms with Crippen LogP contribution in [0.3, 0.4) is 0 Å². The van der Waals surface area contributed by atoms with Crippen LogP contribution in [0, 0.1) is 0 Å². The van der Waals surface area contributed by atoms with Gasteiger partial charge in [0.15, 0.2) is 0 Å². The van der Waals surface area contributed by atoms with Crippen molar-refractivity contribution in [1.29, 1.82) is 0 Å². The minimum Gasteiger partial charge on any atom is -0.396 e. The lowest BCUT2D eigenvalue weighted by molar-refractivity contribution is 0.261. The molecule has 82 valence electrons. The van der Waals surface area contributed by atoms with E-state index in [1.807, 2.05) is 6.07 Å². The molecule has 2 rings (SSSR count). The van der Waals surface area contributed by atoms with Crippen molar-refractivity contribution >= 4 is 11.4 Å². The Hall–Kier alpha value is -1.29. The normalized spacial score (nSPS) is 22.6. The van der Waals surface area contributed by atoms with Crippen molar-refractivity contribution in [3.8, 4) is 0 Å². The first-order valence-corrected chi connectivity index (χ1v) is 5.40. The monoisotopic (exact) mass is 206 g/mol. The number of likely N-dealkylation sites (N-methyl/N-ethyl adjacent to an activating group) is 1. The van der Waals surface area contributed by atoms with Gasteiger partial charge >= 0.3 is 0 Å². The molecule has 0 aliphatic carbocycles. The number of rotatable bonds is 2. The van der Waals surface area contributed by atoms with Crippen molar-refractivity contribution in [1.82, 2.24) is 9.88 Å². The van der Waals surface area contributed by atoms with Gasteiger partial charge in [-0.3, -0.25) is 4.98 Å². The Labute approximate surface area is 90.5 Å². The average molecular weight is 206 g/mol. The summed E-state index contributed by atoms with van der Waals surface area (Å²) in [4.78, 5) is 6.32. The van der Waals surface area contributed by atoms with Crippen molar-refractivity contribution in [3.63, 3.8) is 0 Å². The third-order valence-corrected chi connectivity index (χ3v) is 2.84. The number of nitrogens with two attached hydrogens (primary N) is 1. The van der Waals surface area contributed by atoms with Crippen molar-refractivity contribution in [2.45, 2.75) is 18.9 Å². The van der Waals surface area contributed by atoms with Gasteiger partial charge in [0, 0.05) is 18.8 Å². The minimum atomic E-state index is 0.508. The zero-order valence-electron chi connectivity index (χ0n) is 9.11. The molecule has 0 amide bonds. The molecule has 4 heteroatoms. The van der Waals surface area contributed by atoms with Gasteiger partial charge in [-0.2, -0.15) is 0 Å². The minimum absolute atomic E-state index is 0.508. The maximum Gasteiger partial charge on any atom is 0.0736 e. The van der Waals surface area contributed by atoms with Crippen molar-refractivity contribution in [2.75, 3.05) is 31.2 Å². The van der Waals surface area contributed by atoms with E-state index in [2.05, 4.69) is 22.2 Å². The average Bonchev–Trinajstić information content (AvgIpc) is 2.22.